The Labute approximate surface area is 115 Å². The molecule has 0 bridgehead atoms. The predicted octanol–water partition coefficient (Wildman–Crippen LogP) is -0.697. The zero-order valence-corrected chi connectivity index (χ0v) is 12.7. The van der Waals surface area contributed by atoms with Gasteiger partial charge in [0.1, 0.15) is 9.84 Å². The van der Waals surface area contributed by atoms with Gasteiger partial charge < -0.3 is 15.5 Å². The van der Waals surface area contributed by atoms with Crippen LogP contribution in [0.3, 0.4) is 0 Å². The minimum Gasteiger partial charge on any atom is -0.343 e. The van der Waals surface area contributed by atoms with Crippen molar-refractivity contribution in [3.63, 3.8) is 0 Å². The van der Waals surface area contributed by atoms with Gasteiger partial charge in [0.25, 0.3) is 0 Å². The Kier molecular flexibility index (Phi) is 6.22. The number of carbonyl (C=O) groups excluding carboxylic acids is 1. The normalized spacial score (nSPS) is 18.0. The van der Waals surface area contributed by atoms with Crippen LogP contribution in [0.5, 0.6) is 0 Å². The van der Waals surface area contributed by atoms with Gasteiger partial charge in [0.2, 0.25) is 5.91 Å². The lowest BCUT2D eigenvalue weighted by molar-refractivity contribution is -0.131. The standard InChI is InChI=1S/C12H25N3O3S/c1-14(7-8-19(2,17)18)11(10-13)9-12(16)15-5-3-4-6-15/h11H,3-10,13H2,1-2H3. The van der Waals surface area contributed by atoms with Gasteiger partial charge in [-0.05, 0) is 19.9 Å². The molecule has 1 aliphatic heterocycles. The van der Waals surface area contributed by atoms with Crippen molar-refractivity contribution in [1.82, 2.24) is 9.80 Å². The first-order valence-electron chi connectivity index (χ1n) is 6.69. The molecule has 1 rings (SSSR count). The molecule has 6 nitrogen and oxygen atoms in total. The molecule has 0 saturated carbocycles. The Morgan fingerprint density at radius 3 is 2.42 bits per heavy atom. The molecule has 1 amide bonds. The molecule has 1 fully saturated rings. The number of rotatable bonds is 7. The molecule has 0 aromatic rings. The number of nitrogens with two attached hydrogens (primary N) is 1. The average Bonchev–Trinajstić information content (AvgIpc) is 2.85. The van der Waals surface area contributed by atoms with Crippen molar-refractivity contribution in [2.75, 3.05) is 45.2 Å². The highest BCUT2D eigenvalue weighted by Crippen LogP contribution is 2.11. The van der Waals surface area contributed by atoms with Crippen LogP contribution in [0.1, 0.15) is 19.3 Å². The zero-order chi connectivity index (χ0) is 14.5. The lowest BCUT2D eigenvalue weighted by Crippen LogP contribution is -2.44. The van der Waals surface area contributed by atoms with Gasteiger partial charge in [-0.3, -0.25) is 4.79 Å². The minimum atomic E-state index is -2.98. The molecule has 0 aliphatic carbocycles. The first-order valence-corrected chi connectivity index (χ1v) is 8.75. The summed E-state index contributed by atoms with van der Waals surface area (Å²) in [5.74, 6) is 0.219. The summed E-state index contributed by atoms with van der Waals surface area (Å²) in [7, 11) is -1.16. The molecule has 7 heteroatoms. The third-order valence-corrected chi connectivity index (χ3v) is 4.50. The van der Waals surface area contributed by atoms with E-state index in [1.54, 1.807) is 0 Å². The third-order valence-electron chi connectivity index (χ3n) is 3.58. The van der Waals surface area contributed by atoms with Gasteiger partial charge >= 0.3 is 0 Å². The Morgan fingerprint density at radius 1 is 1.37 bits per heavy atom. The summed E-state index contributed by atoms with van der Waals surface area (Å²) >= 11 is 0. The number of hydrogen-bond acceptors (Lipinski definition) is 5. The van der Waals surface area contributed by atoms with Crippen LogP contribution in [0, 0.1) is 0 Å². The van der Waals surface area contributed by atoms with Crippen LogP contribution < -0.4 is 5.73 Å². The molecule has 2 N–H and O–H groups in total. The Bertz CT molecular complexity index is 391. The van der Waals surface area contributed by atoms with E-state index in [4.69, 9.17) is 5.73 Å². The minimum absolute atomic E-state index is 0.0881. The maximum atomic E-state index is 12.0. The number of sulfone groups is 1. The molecule has 0 aromatic heterocycles. The van der Waals surface area contributed by atoms with E-state index in [-0.39, 0.29) is 17.7 Å². The van der Waals surface area contributed by atoms with E-state index >= 15 is 0 Å². The topological polar surface area (TPSA) is 83.7 Å². The van der Waals surface area contributed by atoms with E-state index in [0.717, 1.165) is 25.9 Å². The van der Waals surface area contributed by atoms with Gasteiger partial charge in [-0.1, -0.05) is 0 Å². The molecule has 19 heavy (non-hydrogen) atoms. The van der Waals surface area contributed by atoms with E-state index in [9.17, 15) is 13.2 Å². The van der Waals surface area contributed by atoms with Crippen molar-refractivity contribution in [3.8, 4) is 0 Å². The number of amides is 1. The van der Waals surface area contributed by atoms with Crippen LogP contribution in [0.2, 0.25) is 0 Å². The molecular weight excluding hydrogens is 266 g/mol. The summed E-state index contributed by atoms with van der Waals surface area (Å²) in [6.45, 7) is 2.44. The number of likely N-dealkylation sites (tertiary alicyclic amines) is 1. The van der Waals surface area contributed by atoms with Gasteiger partial charge in [-0.25, -0.2) is 8.42 Å². The van der Waals surface area contributed by atoms with Crippen molar-refractivity contribution in [1.29, 1.82) is 0 Å². The largest absolute Gasteiger partial charge is 0.343 e. The van der Waals surface area contributed by atoms with Gasteiger partial charge in [0.15, 0.2) is 0 Å². The van der Waals surface area contributed by atoms with Gasteiger partial charge in [-0.15, -0.1) is 0 Å². The van der Waals surface area contributed by atoms with Crippen molar-refractivity contribution in [2.45, 2.75) is 25.3 Å². The van der Waals surface area contributed by atoms with Crippen LogP contribution >= 0.6 is 0 Å². The number of carbonyl (C=O) groups is 1. The Morgan fingerprint density at radius 2 is 1.95 bits per heavy atom. The van der Waals surface area contributed by atoms with E-state index < -0.39 is 9.84 Å². The highest BCUT2D eigenvalue weighted by molar-refractivity contribution is 7.90. The third kappa shape index (κ3) is 5.88. The molecule has 0 spiro atoms. The van der Waals surface area contributed by atoms with Gasteiger partial charge in [0, 0.05) is 44.9 Å². The molecule has 1 atom stereocenters. The number of nitrogens with zero attached hydrogens (tertiary/aromatic N) is 2. The quantitative estimate of drug-likeness (QED) is 0.671. The molecule has 0 aromatic carbocycles. The second-order valence-electron chi connectivity index (χ2n) is 5.29. The second-order valence-corrected chi connectivity index (χ2v) is 7.55. The summed E-state index contributed by atoms with van der Waals surface area (Å²) in [6, 6.07) is -0.0881. The van der Waals surface area contributed by atoms with Crippen molar-refractivity contribution >= 4 is 15.7 Å². The summed E-state index contributed by atoms with van der Waals surface area (Å²) in [5, 5.41) is 0. The van der Waals surface area contributed by atoms with E-state index in [0.29, 0.717) is 19.5 Å². The van der Waals surface area contributed by atoms with Crippen LogP contribution in [-0.2, 0) is 14.6 Å². The highest BCUT2D eigenvalue weighted by Gasteiger charge is 2.23. The van der Waals surface area contributed by atoms with Crippen molar-refractivity contribution in [2.24, 2.45) is 5.73 Å². The Balaban J connectivity index is 2.45. The molecule has 1 aliphatic rings. The molecule has 112 valence electrons. The molecule has 1 heterocycles. The highest BCUT2D eigenvalue weighted by atomic mass is 32.2. The summed E-state index contributed by atoms with van der Waals surface area (Å²) in [6.07, 6.45) is 3.73. The lowest BCUT2D eigenvalue weighted by atomic mass is 10.1. The van der Waals surface area contributed by atoms with Crippen LogP contribution in [-0.4, -0.2) is 75.4 Å². The van der Waals surface area contributed by atoms with Crippen LogP contribution in [0.4, 0.5) is 0 Å². The first-order chi connectivity index (χ1) is 8.83. The number of hydrogen-bond donors (Lipinski definition) is 1. The van der Waals surface area contributed by atoms with E-state index in [1.165, 1.54) is 6.26 Å². The summed E-state index contributed by atoms with van der Waals surface area (Å²) in [5.41, 5.74) is 5.70. The Hall–Kier alpha value is -0.660. The lowest BCUT2D eigenvalue weighted by Gasteiger charge is -2.28. The fourth-order valence-corrected chi connectivity index (χ4v) is 2.83. The fourth-order valence-electron chi connectivity index (χ4n) is 2.21. The van der Waals surface area contributed by atoms with Crippen LogP contribution in [0.25, 0.3) is 0 Å². The maximum Gasteiger partial charge on any atom is 0.224 e. The smallest absolute Gasteiger partial charge is 0.224 e. The zero-order valence-electron chi connectivity index (χ0n) is 11.8. The van der Waals surface area contributed by atoms with Gasteiger partial charge in [0.05, 0.1) is 5.75 Å². The van der Waals surface area contributed by atoms with Crippen molar-refractivity contribution in [3.05, 3.63) is 0 Å². The second kappa shape index (κ2) is 7.21. The van der Waals surface area contributed by atoms with E-state index in [2.05, 4.69) is 0 Å². The summed E-state index contributed by atoms with van der Waals surface area (Å²) in [4.78, 5) is 15.8. The predicted molar refractivity (Wildman–Crippen MR) is 75.6 cm³/mol. The van der Waals surface area contributed by atoms with Crippen molar-refractivity contribution < 1.29 is 13.2 Å². The van der Waals surface area contributed by atoms with E-state index in [1.807, 2.05) is 16.8 Å². The molecular formula is C12H25N3O3S. The maximum absolute atomic E-state index is 12.0. The molecule has 0 radical (unpaired) electrons. The number of likely N-dealkylation sites (N-methyl/N-ethyl adjacent to an activating group) is 1. The SMILES string of the molecule is CN(CCS(C)(=O)=O)C(CN)CC(=O)N1CCCC1. The fraction of sp³-hybridized carbons (Fsp3) is 0.917. The van der Waals surface area contributed by atoms with Gasteiger partial charge in [-0.2, -0.15) is 0 Å². The average molecular weight is 291 g/mol. The monoisotopic (exact) mass is 291 g/mol. The summed E-state index contributed by atoms with van der Waals surface area (Å²) < 4.78 is 22.3. The first kappa shape index (κ1) is 16.4. The molecule has 1 unspecified atom stereocenters. The molecule has 1 saturated heterocycles. The van der Waals surface area contributed by atoms with Crippen LogP contribution in [0.15, 0.2) is 0 Å².